The van der Waals surface area contributed by atoms with Crippen molar-refractivity contribution >= 4 is 11.8 Å². The molecule has 0 radical (unpaired) electrons. The lowest BCUT2D eigenvalue weighted by molar-refractivity contribution is 0.0635. The van der Waals surface area contributed by atoms with E-state index in [-0.39, 0.29) is 0 Å². The van der Waals surface area contributed by atoms with Crippen molar-refractivity contribution in [2.45, 2.75) is 46.1 Å². The predicted molar refractivity (Wildman–Crippen MR) is 102 cm³/mol. The average Bonchev–Trinajstić information content (AvgIpc) is 2.55. The van der Waals surface area contributed by atoms with Gasteiger partial charge in [-0.15, -0.1) is 0 Å². The van der Waals surface area contributed by atoms with E-state index >= 15 is 0 Å². The third-order valence-electron chi connectivity index (χ3n) is 3.48. The molecule has 2 aromatic carbocycles. The van der Waals surface area contributed by atoms with Crippen molar-refractivity contribution in [2.24, 2.45) is 0 Å². The Balaban J connectivity index is 2.33. The smallest absolute Gasteiger partial charge is 0.412 e. The van der Waals surface area contributed by atoms with Gasteiger partial charge in [0.2, 0.25) is 0 Å². The lowest BCUT2D eigenvalue weighted by Gasteiger charge is -2.21. The van der Waals surface area contributed by atoms with E-state index in [0.29, 0.717) is 18.0 Å². The van der Waals surface area contributed by atoms with Crippen LogP contribution in [0.25, 0.3) is 11.1 Å². The third kappa shape index (κ3) is 5.82. The summed E-state index contributed by atoms with van der Waals surface area (Å²) in [6.45, 7) is 8.23. The molecule has 0 saturated carbocycles. The van der Waals surface area contributed by atoms with Gasteiger partial charge in [-0.2, -0.15) is 0 Å². The van der Waals surface area contributed by atoms with Crippen molar-refractivity contribution < 1.29 is 14.3 Å². The van der Waals surface area contributed by atoms with E-state index in [0.717, 1.165) is 24.0 Å². The van der Waals surface area contributed by atoms with E-state index in [1.807, 2.05) is 69.3 Å². The Morgan fingerprint density at radius 2 is 1.76 bits per heavy atom. The summed E-state index contributed by atoms with van der Waals surface area (Å²) in [6, 6.07) is 15.7. The normalized spacial score (nSPS) is 11.0. The Bertz CT molecular complexity index is 690. The summed E-state index contributed by atoms with van der Waals surface area (Å²) in [5.41, 5.74) is 2.06. The molecule has 0 aromatic heterocycles. The van der Waals surface area contributed by atoms with Gasteiger partial charge in [-0.25, -0.2) is 4.79 Å². The Hall–Kier alpha value is -2.49. The number of nitrogens with one attached hydrogen (secondary N) is 1. The zero-order valence-electron chi connectivity index (χ0n) is 15.5. The number of para-hydroxylation sites is 1. The molecule has 4 nitrogen and oxygen atoms in total. The highest BCUT2D eigenvalue weighted by molar-refractivity contribution is 5.90. The van der Waals surface area contributed by atoms with Crippen molar-refractivity contribution in [1.29, 1.82) is 0 Å². The van der Waals surface area contributed by atoms with Crippen LogP contribution in [0, 0.1) is 0 Å². The van der Waals surface area contributed by atoms with Crippen LogP contribution in [0.2, 0.25) is 0 Å². The van der Waals surface area contributed by atoms with Gasteiger partial charge >= 0.3 is 6.09 Å². The Morgan fingerprint density at radius 3 is 2.40 bits per heavy atom. The first-order valence-corrected chi connectivity index (χ1v) is 8.72. The van der Waals surface area contributed by atoms with Crippen LogP contribution in [0.4, 0.5) is 10.5 Å². The number of benzene rings is 2. The lowest BCUT2D eigenvalue weighted by atomic mass is 10.0. The summed E-state index contributed by atoms with van der Waals surface area (Å²) >= 11 is 0. The molecule has 0 aliphatic heterocycles. The fourth-order valence-electron chi connectivity index (χ4n) is 2.37. The average molecular weight is 341 g/mol. The molecule has 0 spiro atoms. The van der Waals surface area contributed by atoms with Gasteiger partial charge < -0.3 is 9.47 Å². The molecule has 0 heterocycles. The van der Waals surface area contributed by atoms with Crippen LogP contribution in [-0.4, -0.2) is 18.3 Å². The van der Waals surface area contributed by atoms with Crippen LogP contribution < -0.4 is 10.1 Å². The van der Waals surface area contributed by atoms with Crippen LogP contribution >= 0.6 is 0 Å². The highest BCUT2D eigenvalue weighted by Gasteiger charge is 2.19. The second-order valence-electron chi connectivity index (χ2n) is 6.88. The fraction of sp³-hybridized carbons (Fsp3) is 0.381. The van der Waals surface area contributed by atoms with Crippen LogP contribution in [0.5, 0.6) is 5.75 Å². The highest BCUT2D eigenvalue weighted by Crippen LogP contribution is 2.37. The van der Waals surface area contributed by atoms with Crippen LogP contribution in [0.1, 0.15) is 40.5 Å². The molecule has 4 heteroatoms. The summed E-state index contributed by atoms with van der Waals surface area (Å²) in [6.07, 6.45) is 1.51. The number of amides is 1. The van der Waals surface area contributed by atoms with Crippen LogP contribution in [-0.2, 0) is 4.74 Å². The maximum Gasteiger partial charge on any atom is 0.412 e. The zero-order chi connectivity index (χ0) is 18.3. The number of rotatable bonds is 6. The monoisotopic (exact) mass is 341 g/mol. The van der Waals surface area contributed by atoms with E-state index in [2.05, 4.69) is 12.2 Å². The van der Waals surface area contributed by atoms with Gasteiger partial charge in [-0.1, -0.05) is 55.8 Å². The van der Waals surface area contributed by atoms with Gasteiger partial charge in [0, 0.05) is 5.56 Å². The predicted octanol–water partition coefficient (Wildman–Crippen LogP) is 5.88. The maximum absolute atomic E-state index is 12.2. The molecule has 0 bridgehead atoms. The Morgan fingerprint density at radius 1 is 1.04 bits per heavy atom. The summed E-state index contributed by atoms with van der Waals surface area (Å²) in [5.74, 6) is 0.674. The molecular formula is C21H27NO3. The van der Waals surface area contributed by atoms with E-state index in [1.54, 1.807) is 0 Å². The van der Waals surface area contributed by atoms with E-state index in [1.165, 1.54) is 0 Å². The number of anilines is 1. The van der Waals surface area contributed by atoms with Crippen LogP contribution in [0.3, 0.4) is 0 Å². The highest BCUT2D eigenvalue weighted by atomic mass is 16.6. The fourth-order valence-corrected chi connectivity index (χ4v) is 2.37. The van der Waals surface area contributed by atoms with Crippen molar-refractivity contribution in [1.82, 2.24) is 0 Å². The Labute approximate surface area is 150 Å². The van der Waals surface area contributed by atoms with Crippen molar-refractivity contribution in [3.8, 4) is 16.9 Å². The molecule has 0 aliphatic rings. The quantitative estimate of drug-likeness (QED) is 0.667. The minimum atomic E-state index is -0.551. The molecule has 1 N–H and O–H groups in total. The van der Waals surface area contributed by atoms with Gasteiger partial charge in [0.05, 0.1) is 12.3 Å². The first-order chi connectivity index (χ1) is 11.9. The number of ether oxygens (including phenoxy) is 2. The number of unbranched alkanes of at least 4 members (excludes halogenated alkanes) is 1. The Kier molecular flexibility index (Phi) is 6.45. The third-order valence-corrected chi connectivity index (χ3v) is 3.48. The summed E-state index contributed by atoms with van der Waals surface area (Å²) in [5, 5.41) is 2.82. The number of carbonyl (C=O) groups excluding carboxylic acids is 1. The van der Waals surface area contributed by atoms with E-state index in [4.69, 9.17) is 9.47 Å². The molecule has 1 amide bonds. The summed E-state index contributed by atoms with van der Waals surface area (Å²) in [4.78, 5) is 12.2. The summed E-state index contributed by atoms with van der Waals surface area (Å²) < 4.78 is 11.4. The molecule has 0 unspecified atom stereocenters. The molecule has 0 fully saturated rings. The molecule has 2 rings (SSSR count). The molecule has 134 valence electrons. The summed E-state index contributed by atoms with van der Waals surface area (Å²) in [7, 11) is 0. The van der Waals surface area contributed by atoms with E-state index in [9.17, 15) is 4.79 Å². The van der Waals surface area contributed by atoms with Crippen molar-refractivity contribution in [2.75, 3.05) is 11.9 Å². The molecule has 0 saturated heterocycles. The SMILES string of the molecule is CCCCOc1c(NC(=O)OC(C)(C)C)cccc1-c1ccccc1. The molecular weight excluding hydrogens is 314 g/mol. The number of carbonyl (C=O) groups is 1. The molecule has 0 aliphatic carbocycles. The molecule has 0 atom stereocenters. The topological polar surface area (TPSA) is 47.6 Å². The minimum absolute atomic E-state index is 0.488. The van der Waals surface area contributed by atoms with Gasteiger partial charge in [-0.3, -0.25) is 5.32 Å². The number of hydrogen-bond donors (Lipinski definition) is 1. The maximum atomic E-state index is 12.2. The van der Waals surface area contributed by atoms with Gasteiger partial charge in [0.1, 0.15) is 5.60 Å². The first kappa shape index (κ1) is 18.8. The first-order valence-electron chi connectivity index (χ1n) is 8.72. The van der Waals surface area contributed by atoms with Crippen LogP contribution in [0.15, 0.2) is 48.5 Å². The van der Waals surface area contributed by atoms with Crippen molar-refractivity contribution in [3.05, 3.63) is 48.5 Å². The van der Waals surface area contributed by atoms with Gasteiger partial charge in [-0.05, 0) is 38.8 Å². The zero-order valence-corrected chi connectivity index (χ0v) is 15.5. The molecule has 25 heavy (non-hydrogen) atoms. The standard InChI is InChI=1S/C21H27NO3/c1-5-6-15-24-19-17(16-11-8-7-9-12-16)13-10-14-18(19)22-20(23)25-21(2,3)4/h7-14H,5-6,15H2,1-4H3,(H,22,23). The van der Waals surface area contributed by atoms with Gasteiger partial charge in [0.25, 0.3) is 0 Å². The minimum Gasteiger partial charge on any atom is -0.491 e. The van der Waals surface area contributed by atoms with Gasteiger partial charge in [0.15, 0.2) is 5.75 Å². The lowest BCUT2D eigenvalue weighted by Crippen LogP contribution is -2.27. The van der Waals surface area contributed by atoms with E-state index < -0.39 is 11.7 Å². The van der Waals surface area contributed by atoms with Crippen molar-refractivity contribution in [3.63, 3.8) is 0 Å². The molecule has 2 aromatic rings. The number of hydrogen-bond acceptors (Lipinski definition) is 3. The second kappa shape index (κ2) is 8.56. The largest absolute Gasteiger partial charge is 0.491 e. The second-order valence-corrected chi connectivity index (χ2v) is 6.88.